The van der Waals surface area contributed by atoms with Gasteiger partial charge in [0.25, 0.3) is 15.9 Å². The van der Waals surface area contributed by atoms with Crippen molar-refractivity contribution >= 4 is 32.6 Å². The van der Waals surface area contributed by atoms with E-state index in [1.165, 1.54) is 23.1 Å². The van der Waals surface area contributed by atoms with E-state index in [0.29, 0.717) is 19.3 Å². The lowest BCUT2D eigenvalue weighted by Crippen LogP contribution is -2.40. The minimum Gasteiger partial charge on any atom is -0.449 e. The number of hydrogen-bond donors (Lipinski definition) is 1. The van der Waals surface area contributed by atoms with E-state index < -0.39 is 32.6 Å². The molecule has 0 spiro atoms. The molecule has 0 bridgehead atoms. The Bertz CT molecular complexity index is 1230. The maximum atomic E-state index is 13.4. The summed E-state index contributed by atoms with van der Waals surface area (Å²) >= 11 is 0. The number of sulfonamides is 1. The van der Waals surface area contributed by atoms with Gasteiger partial charge in [-0.25, -0.2) is 8.42 Å². The number of benzene rings is 2. The van der Waals surface area contributed by atoms with Crippen LogP contribution in [-0.4, -0.2) is 45.5 Å². The number of alkyl halides is 3. The van der Waals surface area contributed by atoms with Crippen LogP contribution in [0.5, 0.6) is 0 Å². The Morgan fingerprint density at radius 2 is 1.65 bits per heavy atom. The van der Waals surface area contributed by atoms with E-state index in [1.807, 2.05) is 0 Å². The number of hydrogen-bond acceptors (Lipinski definition) is 5. The minimum atomic E-state index is -4.88. The Morgan fingerprint density at radius 1 is 1.00 bits per heavy atom. The largest absolute Gasteiger partial charge is 0.449 e. The van der Waals surface area contributed by atoms with Crippen molar-refractivity contribution in [1.29, 1.82) is 0 Å². The summed E-state index contributed by atoms with van der Waals surface area (Å²) in [7, 11) is -4.70. The third-order valence-corrected chi connectivity index (χ3v) is 6.21. The van der Waals surface area contributed by atoms with Crippen molar-refractivity contribution in [3.05, 3.63) is 59.9 Å². The second-order valence-corrected chi connectivity index (χ2v) is 8.46. The highest BCUT2D eigenvalue weighted by Gasteiger charge is 2.38. The topological polar surface area (TPSA) is 88.8 Å². The number of nitrogens with one attached hydrogen (secondary N) is 1. The molecule has 1 fully saturated rings. The van der Waals surface area contributed by atoms with Gasteiger partial charge >= 0.3 is 6.18 Å². The number of amides is 1. The summed E-state index contributed by atoms with van der Waals surface area (Å²) in [4.78, 5) is 13.5. The highest BCUT2D eigenvalue weighted by molar-refractivity contribution is 7.92. The first-order valence-electron chi connectivity index (χ1n) is 9.26. The van der Waals surface area contributed by atoms with E-state index in [-0.39, 0.29) is 35.5 Å². The Labute approximate surface area is 175 Å². The molecule has 1 aliphatic heterocycles. The Kier molecular flexibility index (Phi) is 5.40. The first kappa shape index (κ1) is 21.2. The Hall–Kier alpha value is -3.05. The Balaban J connectivity index is 1.81. The van der Waals surface area contributed by atoms with Crippen LogP contribution in [0.4, 0.5) is 18.9 Å². The zero-order chi connectivity index (χ0) is 22.2. The fourth-order valence-electron chi connectivity index (χ4n) is 3.33. The van der Waals surface area contributed by atoms with Crippen molar-refractivity contribution in [2.45, 2.75) is 11.1 Å². The van der Waals surface area contributed by atoms with Crippen LogP contribution < -0.4 is 4.72 Å². The molecule has 1 aromatic heterocycles. The first-order chi connectivity index (χ1) is 14.7. The standard InChI is InChI=1S/C20H17F3N2O5S/c21-20(22,23)14-6-2-4-8-16(14)31(27,28)24-17-13-5-1-3-7-15(13)30-18(17)19(26)25-9-11-29-12-10-25/h1-8,24H,9-12H2. The molecule has 0 saturated carbocycles. The molecule has 7 nitrogen and oxygen atoms in total. The second kappa shape index (κ2) is 7.89. The van der Waals surface area contributed by atoms with E-state index in [1.54, 1.807) is 12.1 Å². The van der Waals surface area contributed by atoms with Crippen LogP contribution in [0, 0.1) is 0 Å². The van der Waals surface area contributed by atoms with E-state index in [9.17, 15) is 26.4 Å². The van der Waals surface area contributed by atoms with E-state index in [0.717, 1.165) is 12.1 Å². The molecule has 1 saturated heterocycles. The lowest BCUT2D eigenvalue weighted by atomic mass is 10.2. The molecule has 1 amide bonds. The molecule has 3 aromatic rings. The quantitative estimate of drug-likeness (QED) is 0.649. The van der Waals surface area contributed by atoms with E-state index >= 15 is 0 Å². The highest BCUT2D eigenvalue weighted by Crippen LogP contribution is 2.37. The number of nitrogens with zero attached hydrogens (tertiary/aromatic N) is 1. The number of carbonyl (C=O) groups is 1. The average molecular weight is 454 g/mol. The van der Waals surface area contributed by atoms with Crippen LogP contribution in [0.2, 0.25) is 0 Å². The van der Waals surface area contributed by atoms with Crippen LogP contribution >= 0.6 is 0 Å². The van der Waals surface area contributed by atoms with Gasteiger partial charge in [0, 0.05) is 18.5 Å². The van der Waals surface area contributed by atoms with Crippen LogP contribution in [-0.2, 0) is 20.9 Å². The van der Waals surface area contributed by atoms with E-state index in [4.69, 9.17) is 9.15 Å². The monoisotopic (exact) mass is 454 g/mol. The lowest BCUT2D eigenvalue weighted by molar-refractivity contribution is -0.139. The van der Waals surface area contributed by atoms with Gasteiger partial charge in [0.15, 0.2) is 0 Å². The summed E-state index contributed by atoms with van der Waals surface area (Å²) in [6.45, 7) is 1.18. The summed E-state index contributed by atoms with van der Waals surface area (Å²) in [6, 6.07) is 10.1. The predicted molar refractivity (Wildman–Crippen MR) is 105 cm³/mol. The van der Waals surface area contributed by atoms with Gasteiger partial charge in [-0.15, -0.1) is 0 Å². The lowest BCUT2D eigenvalue weighted by Gasteiger charge is -2.26. The average Bonchev–Trinajstić information content (AvgIpc) is 3.11. The van der Waals surface area contributed by atoms with Crippen LogP contribution in [0.1, 0.15) is 16.1 Å². The molecule has 0 atom stereocenters. The number of ether oxygens (including phenoxy) is 1. The minimum absolute atomic E-state index is 0.205. The number of halogens is 3. The zero-order valence-corrected chi connectivity index (χ0v) is 16.8. The SMILES string of the molecule is O=C(c1oc2ccccc2c1NS(=O)(=O)c1ccccc1C(F)(F)F)N1CCOCC1. The van der Waals surface area contributed by atoms with Gasteiger partial charge in [-0.2, -0.15) is 13.2 Å². The number of carbonyl (C=O) groups excluding carboxylic acids is 1. The Morgan fingerprint density at radius 3 is 2.35 bits per heavy atom. The summed E-state index contributed by atoms with van der Waals surface area (Å²) < 4.78 is 79.0. The predicted octanol–water partition coefficient (Wildman–Crippen LogP) is 3.72. The molecule has 0 aliphatic carbocycles. The maximum absolute atomic E-state index is 13.4. The summed E-state index contributed by atoms with van der Waals surface area (Å²) in [5.41, 5.74) is -1.29. The molecule has 164 valence electrons. The molecule has 11 heteroatoms. The van der Waals surface area contributed by atoms with Gasteiger partial charge in [0.1, 0.15) is 11.3 Å². The molecule has 0 unspecified atom stereocenters. The molecule has 2 heterocycles. The van der Waals surface area contributed by atoms with Gasteiger partial charge in [0.05, 0.1) is 23.7 Å². The number of fused-ring (bicyclic) bond motifs is 1. The normalized spacial score (nSPS) is 15.3. The molecule has 2 aromatic carbocycles. The molecular weight excluding hydrogens is 437 g/mol. The highest BCUT2D eigenvalue weighted by atomic mass is 32.2. The van der Waals surface area contributed by atoms with Crippen molar-refractivity contribution in [3.8, 4) is 0 Å². The molecule has 31 heavy (non-hydrogen) atoms. The summed E-state index contributed by atoms with van der Waals surface area (Å²) in [5, 5.41) is 0.257. The maximum Gasteiger partial charge on any atom is 0.417 e. The fourth-order valence-corrected chi connectivity index (χ4v) is 4.64. The molecule has 1 aliphatic rings. The third-order valence-electron chi connectivity index (χ3n) is 4.81. The molecule has 1 N–H and O–H groups in total. The third kappa shape index (κ3) is 4.10. The van der Waals surface area contributed by atoms with Crippen molar-refractivity contribution in [3.63, 3.8) is 0 Å². The number of anilines is 1. The number of rotatable bonds is 4. The molecular formula is C20H17F3N2O5S. The number of para-hydroxylation sites is 1. The first-order valence-corrected chi connectivity index (χ1v) is 10.7. The van der Waals surface area contributed by atoms with Gasteiger partial charge in [-0.1, -0.05) is 24.3 Å². The number of morpholine rings is 1. The van der Waals surface area contributed by atoms with Crippen LogP contribution in [0.25, 0.3) is 11.0 Å². The fraction of sp³-hybridized carbons (Fsp3) is 0.250. The van der Waals surface area contributed by atoms with Crippen molar-refractivity contribution in [2.24, 2.45) is 0 Å². The smallest absolute Gasteiger partial charge is 0.417 e. The van der Waals surface area contributed by atoms with Crippen LogP contribution in [0.3, 0.4) is 0 Å². The molecule has 0 radical (unpaired) electrons. The van der Waals surface area contributed by atoms with Crippen molar-refractivity contribution in [1.82, 2.24) is 4.90 Å². The van der Waals surface area contributed by atoms with Crippen molar-refractivity contribution in [2.75, 3.05) is 31.0 Å². The summed E-state index contributed by atoms with van der Waals surface area (Å²) in [5.74, 6) is -0.877. The van der Waals surface area contributed by atoms with E-state index in [2.05, 4.69) is 4.72 Å². The van der Waals surface area contributed by atoms with Gasteiger partial charge < -0.3 is 14.1 Å². The van der Waals surface area contributed by atoms with Gasteiger partial charge in [-0.3, -0.25) is 9.52 Å². The van der Waals surface area contributed by atoms with Crippen molar-refractivity contribution < 1.29 is 35.5 Å². The van der Waals surface area contributed by atoms with Crippen LogP contribution in [0.15, 0.2) is 57.8 Å². The number of furan rings is 1. The van der Waals surface area contributed by atoms with Gasteiger partial charge in [0.2, 0.25) is 5.76 Å². The summed E-state index contributed by atoms with van der Waals surface area (Å²) in [6.07, 6.45) is -4.88. The molecule has 4 rings (SSSR count). The zero-order valence-electron chi connectivity index (χ0n) is 16.0. The van der Waals surface area contributed by atoms with Gasteiger partial charge in [-0.05, 0) is 24.3 Å². The second-order valence-electron chi connectivity index (χ2n) is 6.81.